The molecule has 4 bridgehead atoms. The van der Waals surface area contributed by atoms with E-state index >= 15 is 0 Å². The van der Waals surface area contributed by atoms with Crippen molar-refractivity contribution in [3.05, 3.63) is 120 Å². The van der Waals surface area contributed by atoms with E-state index < -0.39 is 24.3 Å². The number of nitrogens with zero attached hydrogens (tertiary/aromatic N) is 1. The van der Waals surface area contributed by atoms with Crippen LogP contribution in [0.1, 0.15) is 87.3 Å². The monoisotopic (exact) mass is 762 g/mol. The maximum atomic E-state index is 14.4. The molecule has 300 valence electrons. The number of carbonyl (C=O) groups is 2. The van der Waals surface area contributed by atoms with Crippen molar-refractivity contribution in [3.63, 3.8) is 0 Å². The molecule has 5 fully saturated rings. The number of benzene rings is 3. The third kappa shape index (κ3) is 10.6. The Morgan fingerprint density at radius 2 is 1.27 bits per heavy atom. The number of nitrogens with one attached hydrogen (secondary N) is 1. The predicted octanol–water partition coefficient (Wildman–Crippen LogP) is 8.44. The molecular formula is C48H62N2O6. The Bertz CT molecular complexity index is 1630. The fourth-order valence-electron chi connectivity index (χ4n) is 10.4. The van der Waals surface area contributed by atoms with Crippen molar-refractivity contribution >= 4 is 11.8 Å². The van der Waals surface area contributed by atoms with Gasteiger partial charge in [-0.05, 0) is 104 Å². The Morgan fingerprint density at radius 1 is 0.714 bits per heavy atom. The molecule has 3 aromatic carbocycles. The summed E-state index contributed by atoms with van der Waals surface area (Å²) < 4.78 is 26.1. The highest BCUT2D eigenvalue weighted by Gasteiger charge is 2.55. The molecule has 0 spiro atoms. The molecule has 0 unspecified atom stereocenters. The summed E-state index contributed by atoms with van der Waals surface area (Å²) in [7, 11) is 0. The van der Waals surface area contributed by atoms with E-state index in [1.54, 1.807) is 11.0 Å². The van der Waals surface area contributed by atoms with Gasteiger partial charge in [0.1, 0.15) is 18.2 Å². The van der Waals surface area contributed by atoms with E-state index in [1.165, 1.54) is 38.5 Å². The number of hydrogen-bond donors (Lipinski definition) is 1. The Morgan fingerprint density at radius 3 is 1.84 bits per heavy atom. The number of allylic oxidation sites excluding steroid dienone is 1. The van der Waals surface area contributed by atoms with Crippen LogP contribution in [0.3, 0.4) is 0 Å². The number of hydrogen-bond acceptors (Lipinski definition) is 6. The molecule has 8 rings (SSSR count). The number of rotatable bonds is 22. The summed E-state index contributed by atoms with van der Waals surface area (Å²) in [4.78, 5) is 30.3. The molecule has 56 heavy (non-hydrogen) atoms. The maximum absolute atomic E-state index is 14.4. The third-order valence-electron chi connectivity index (χ3n) is 12.6. The van der Waals surface area contributed by atoms with E-state index in [-0.39, 0.29) is 31.4 Å². The SMILES string of the molecule is C=CCCC(=O)N1[C@H](COCc2ccccc2)[C@H](OCc2ccccc2)[C@H](OCc2ccccc2)[C@@H]1C(=O)NCCCCCOCC12CC3CC(CC(C3)C1)C2. The van der Waals surface area contributed by atoms with E-state index in [0.29, 0.717) is 31.6 Å². The van der Waals surface area contributed by atoms with Gasteiger partial charge < -0.3 is 29.2 Å². The highest BCUT2D eigenvalue weighted by molar-refractivity contribution is 5.89. The minimum Gasteiger partial charge on any atom is -0.381 e. The summed E-state index contributed by atoms with van der Waals surface area (Å²) in [5.41, 5.74) is 3.44. The number of carbonyl (C=O) groups excluding carboxylic acids is 2. The van der Waals surface area contributed by atoms with Crippen LogP contribution in [0.25, 0.3) is 0 Å². The summed E-state index contributed by atoms with van der Waals surface area (Å²) >= 11 is 0. The van der Waals surface area contributed by atoms with E-state index in [9.17, 15) is 9.59 Å². The summed E-state index contributed by atoms with van der Waals surface area (Å²) in [5, 5.41) is 3.20. The van der Waals surface area contributed by atoms with Crippen molar-refractivity contribution in [1.29, 1.82) is 0 Å². The van der Waals surface area contributed by atoms with Crippen molar-refractivity contribution in [2.75, 3.05) is 26.4 Å². The highest BCUT2D eigenvalue weighted by Crippen LogP contribution is 2.60. The standard InChI is InChI=1S/C48H62N2O6/c1-2-3-22-43(51)50-42(34-54-31-36-16-8-4-9-17-36)45(55-32-37-18-10-5-11-19-37)46(56-33-38-20-12-6-13-21-38)44(50)47(52)49-23-14-7-15-24-53-35-48-28-39-25-40(29-48)27-41(26-39)30-48/h2,4-6,8-13,16-21,39-42,44-46H,1,3,7,14-15,22-35H2,(H,49,52)/t39?,40?,41?,42-,44-,45+,46-,48?/m1/s1. The van der Waals surface area contributed by atoms with Gasteiger partial charge in [0, 0.05) is 19.6 Å². The quantitative estimate of drug-likeness (QED) is 0.0818. The van der Waals surface area contributed by atoms with Gasteiger partial charge in [-0.2, -0.15) is 0 Å². The number of likely N-dealkylation sites (tertiary alicyclic amines) is 1. The molecule has 1 N–H and O–H groups in total. The van der Waals surface area contributed by atoms with E-state index in [2.05, 4.69) is 11.9 Å². The van der Waals surface area contributed by atoms with Crippen molar-refractivity contribution in [2.45, 2.75) is 115 Å². The molecule has 1 saturated heterocycles. The van der Waals surface area contributed by atoms with Crippen LogP contribution in [0.4, 0.5) is 0 Å². The zero-order chi connectivity index (χ0) is 38.6. The number of amides is 2. The van der Waals surface area contributed by atoms with Crippen LogP contribution in [-0.2, 0) is 48.4 Å². The van der Waals surface area contributed by atoms with Gasteiger partial charge in [-0.3, -0.25) is 9.59 Å². The lowest BCUT2D eigenvalue weighted by molar-refractivity contribution is -0.144. The van der Waals surface area contributed by atoms with Crippen LogP contribution in [0.5, 0.6) is 0 Å². The first-order valence-electron chi connectivity index (χ1n) is 21.2. The summed E-state index contributed by atoms with van der Waals surface area (Å²) in [5.74, 6) is 2.44. The Labute approximate surface area is 334 Å². The fraction of sp³-hybridized carbons (Fsp3) is 0.542. The average molecular weight is 763 g/mol. The van der Waals surface area contributed by atoms with Gasteiger partial charge in [0.05, 0.1) is 39.1 Å². The average Bonchev–Trinajstić information content (AvgIpc) is 3.52. The van der Waals surface area contributed by atoms with Crippen molar-refractivity contribution in [3.8, 4) is 0 Å². The second kappa shape index (κ2) is 20.0. The summed E-state index contributed by atoms with van der Waals surface area (Å²) in [6, 6.07) is 28.4. The minimum atomic E-state index is -0.897. The largest absolute Gasteiger partial charge is 0.381 e. The molecule has 4 atom stereocenters. The molecule has 5 aliphatic rings. The van der Waals surface area contributed by atoms with E-state index in [4.69, 9.17) is 18.9 Å². The molecule has 0 radical (unpaired) electrons. The van der Waals surface area contributed by atoms with Crippen LogP contribution < -0.4 is 5.32 Å². The lowest BCUT2D eigenvalue weighted by Crippen LogP contribution is -2.53. The van der Waals surface area contributed by atoms with Crippen molar-refractivity contribution in [2.24, 2.45) is 23.2 Å². The predicted molar refractivity (Wildman–Crippen MR) is 218 cm³/mol. The van der Waals surface area contributed by atoms with Gasteiger partial charge in [0.15, 0.2) is 0 Å². The summed E-state index contributed by atoms with van der Waals surface area (Å²) in [6.07, 6.45) is 12.3. The molecule has 4 saturated carbocycles. The Kier molecular flexibility index (Phi) is 14.5. The number of ether oxygens (including phenoxy) is 4. The summed E-state index contributed by atoms with van der Waals surface area (Å²) in [6.45, 7) is 7.19. The van der Waals surface area contributed by atoms with Gasteiger partial charge in [0.25, 0.3) is 0 Å². The van der Waals surface area contributed by atoms with Crippen LogP contribution in [0.15, 0.2) is 104 Å². The lowest BCUT2D eigenvalue weighted by atomic mass is 9.50. The molecule has 1 heterocycles. The zero-order valence-corrected chi connectivity index (χ0v) is 33.1. The van der Waals surface area contributed by atoms with Crippen LogP contribution in [0, 0.1) is 23.2 Å². The Balaban J connectivity index is 1.02. The van der Waals surface area contributed by atoms with Gasteiger partial charge in [-0.25, -0.2) is 0 Å². The zero-order valence-electron chi connectivity index (χ0n) is 33.1. The van der Waals surface area contributed by atoms with Crippen molar-refractivity contribution in [1.82, 2.24) is 10.2 Å². The molecule has 1 aliphatic heterocycles. The molecule has 0 aromatic heterocycles. The molecule has 2 amide bonds. The molecule has 8 heteroatoms. The first kappa shape index (κ1) is 40.4. The Hall–Kier alpha value is -3.82. The van der Waals surface area contributed by atoms with Gasteiger partial charge in [-0.1, -0.05) is 97.1 Å². The molecule has 3 aromatic rings. The van der Waals surface area contributed by atoms with Crippen LogP contribution >= 0.6 is 0 Å². The van der Waals surface area contributed by atoms with E-state index in [1.807, 2.05) is 91.0 Å². The van der Waals surface area contributed by atoms with E-state index in [0.717, 1.165) is 66.9 Å². The first-order valence-corrected chi connectivity index (χ1v) is 21.2. The normalized spacial score (nSPS) is 27.7. The first-order chi connectivity index (χ1) is 27.5. The molecule has 8 nitrogen and oxygen atoms in total. The lowest BCUT2D eigenvalue weighted by Gasteiger charge is -2.56. The smallest absolute Gasteiger partial charge is 0.245 e. The van der Waals surface area contributed by atoms with Gasteiger partial charge in [0.2, 0.25) is 11.8 Å². The maximum Gasteiger partial charge on any atom is 0.245 e. The topological polar surface area (TPSA) is 86.3 Å². The van der Waals surface area contributed by atoms with Crippen LogP contribution in [0.2, 0.25) is 0 Å². The van der Waals surface area contributed by atoms with Crippen molar-refractivity contribution < 1.29 is 28.5 Å². The van der Waals surface area contributed by atoms with Crippen LogP contribution in [-0.4, -0.2) is 67.4 Å². The second-order valence-corrected chi connectivity index (χ2v) is 17.0. The number of unbranched alkanes of at least 4 members (excludes halogenated alkanes) is 2. The van der Waals surface area contributed by atoms with Gasteiger partial charge >= 0.3 is 0 Å². The molecule has 4 aliphatic carbocycles. The second-order valence-electron chi connectivity index (χ2n) is 17.0. The molecular weight excluding hydrogens is 701 g/mol. The highest BCUT2D eigenvalue weighted by atomic mass is 16.5. The minimum absolute atomic E-state index is 0.145. The van der Waals surface area contributed by atoms with Gasteiger partial charge in [-0.15, -0.1) is 6.58 Å². The third-order valence-corrected chi connectivity index (χ3v) is 12.6. The fourth-order valence-corrected chi connectivity index (χ4v) is 10.4.